The Morgan fingerprint density at radius 1 is 1.50 bits per heavy atom. The van der Waals surface area contributed by atoms with Gasteiger partial charge in [0.1, 0.15) is 5.75 Å². The second kappa shape index (κ2) is 5.76. The van der Waals surface area contributed by atoms with Gasteiger partial charge in [-0.15, -0.1) is 10.2 Å². The van der Waals surface area contributed by atoms with Gasteiger partial charge in [0.05, 0.1) is 20.1 Å². The molecule has 0 saturated heterocycles. The van der Waals surface area contributed by atoms with Gasteiger partial charge in [0.25, 0.3) is 0 Å². The van der Waals surface area contributed by atoms with Gasteiger partial charge in [-0.3, -0.25) is 4.79 Å². The molecule has 0 aliphatic rings. The first-order chi connectivity index (χ1) is 8.78. The first-order valence-electron chi connectivity index (χ1n) is 5.40. The van der Waals surface area contributed by atoms with E-state index in [9.17, 15) is 4.79 Å². The molecule has 0 spiro atoms. The largest absolute Gasteiger partial charge is 0.497 e. The van der Waals surface area contributed by atoms with Crippen molar-refractivity contribution in [3.63, 3.8) is 0 Å². The van der Waals surface area contributed by atoms with Crippen LogP contribution >= 0.6 is 0 Å². The molecule has 0 atom stereocenters. The Morgan fingerprint density at radius 2 is 2.39 bits per heavy atom. The minimum absolute atomic E-state index is 0.104. The molecule has 2 N–H and O–H groups in total. The summed E-state index contributed by atoms with van der Waals surface area (Å²) in [7, 11) is 1.59. The van der Waals surface area contributed by atoms with Crippen LogP contribution in [0.25, 0.3) is 0 Å². The van der Waals surface area contributed by atoms with E-state index < -0.39 is 0 Å². The Balaban J connectivity index is 1.86. The van der Waals surface area contributed by atoms with Crippen LogP contribution in [0.2, 0.25) is 0 Å². The summed E-state index contributed by atoms with van der Waals surface area (Å²) in [5.41, 5.74) is 0.889. The van der Waals surface area contributed by atoms with Crippen LogP contribution in [0.4, 0.5) is 0 Å². The number of aromatic amines is 1. The van der Waals surface area contributed by atoms with Crippen LogP contribution in [-0.2, 0) is 17.8 Å². The lowest BCUT2D eigenvalue weighted by molar-refractivity contribution is -0.120. The average molecular weight is 247 g/mol. The maximum absolute atomic E-state index is 11.7. The molecule has 1 heterocycles. The number of hydrogen-bond donors (Lipinski definition) is 2. The molecule has 7 heteroatoms. The number of tetrazole rings is 1. The second-order valence-corrected chi connectivity index (χ2v) is 3.63. The Morgan fingerprint density at radius 3 is 3.11 bits per heavy atom. The minimum Gasteiger partial charge on any atom is -0.497 e. The Kier molecular flexibility index (Phi) is 3.85. The summed E-state index contributed by atoms with van der Waals surface area (Å²) >= 11 is 0. The molecule has 0 aliphatic carbocycles. The molecule has 2 aromatic rings. The number of benzene rings is 1. The van der Waals surface area contributed by atoms with Crippen molar-refractivity contribution in [3.05, 3.63) is 35.7 Å². The van der Waals surface area contributed by atoms with Crippen LogP contribution in [0.1, 0.15) is 11.4 Å². The quantitative estimate of drug-likeness (QED) is 0.779. The zero-order valence-corrected chi connectivity index (χ0v) is 9.88. The van der Waals surface area contributed by atoms with Crippen molar-refractivity contribution in [3.8, 4) is 5.75 Å². The molecule has 0 bridgehead atoms. The molecule has 0 unspecified atom stereocenters. The van der Waals surface area contributed by atoms with Crippen LogP contribution in [0.15, 0.2) is 24.3 Å². The van der Waals surface area contributed by atoms with Crippen molar-refractivity contribution in [2.45, 2.75) is 13.0 Å². The highest BCUT2D eigenvalue weighted by atomic mass is 16.5. The summed E-state index contributed by atoms with van der Waals surface area (Å²) in [5.74, 6) is 1.08. The van der Waals surface area contributed by atoms with Crippen LogP contribution in [0.5, 0.6) is 5.75 Å². The fourth-order valence-electron chi connectivity index (χ4n) is 1.47. The first kappa shape index (κ1) is 12.0. The Bertz CT molecular complexity index is 512. The highest BCUT2D eigenvalue weighted by Crippen LogP contribution is 2.12. The SMILES string of the molecule is COc1cccc(CC(=O)NCc2nn[nH]n2)c1. The fourth-order valence-corrected chi connectivity index (χ4v) is 1.47. The molecular weight excluding hydrogens is 234 g/mol. The maximum atomic E-state index is 11.7. The summed E-state index contributed by atoms with van der Waals surface area (Å²) in [6, 6.07) is 7.38. The van der Waals surface area contributed by atoms with Crippen molar-refractivity contribution in [1.82, 2.24) is 25.9 Å². The van der Waals surface area contributed by atoms with Crippen molar-refractivity contribution in [2.24, 2.45) is 0 Å². The predicted octanol–water partition coefficient (Wildman–Crippen LogP) is 0.0672. The van der Waals surface area contributed by atoms with Gasteiger partial charge in [-0.05, 0) is 17.7 Å². The minimum atomic E-state index is -0.104. The summed E-state index contributed by atoms with van der Waals surface area (Å²) in [5, 5.41) is 15.9. The van der Waals surface area contributed by atoms with Gasteiger partial charge in [-0.2, -0.15) is 5.21 Å². The van der Waals surface area contributed by atoms with Crippen molar-refractivity contribution >= 4 is 5.91 Å². The monoisotopic (exact) mass is 247 g/mol. The van der Waals surface area contributed by atoms with E-state index in [1.165, 1.54) is 0 Å². The fraction of sp³-hybridized carbons (Fsp3) is 0.273. The van der Waals surface area contributed by atoms with Gasteiger partial charge in [0, 0.05) is 0 Å². The highest BCUT2D eigenvalue weighted by molar-refractivity contribution is 5.78. The van der Waals surface area contributed by atoms with Crippen LogP contribution in [0, 0.1) is 0 Å². The molecule has 1 aromatic heterocycles. The van der Waals surface area contributed by atoms with Gasteiger partial charge < -0.3 is 10.1 Å². The van der Waals surface area contributed by atoms with Gasteiger partial charge in [-0.1, -0.05) is 17.3 Å². The van der Waals surface area contributed by atoms with E-state index in [0.29, 0.717) is 5.82 Å². The first-order valence-corrected chi connectivity index (χ1v) is 5.40. The number of ether oxygens (including phenoxy) is 1. The smallest absolute Gasteiger partial charge is 0.224 e. The number of nitrogens with zero attached hydrogens (tertiary/aromatic N) is 3. The molecule has 0 radical (unpaired) electrons. The van der Waals surface area contributed by atoms with E-state index >= 15 is 0 Å². The molecule has 94 valence electrons. The molecule has 0 fully saturated rings. The maximum Gasteiger partial charge on any atom is 0.224 e. The van der Waals surface area contributed by atoms with Crippen molar-refractivity contribution in [1.29, 1.82) is 0 Å². The van der Waals surface area contributed by atoms with Gasteiger partial charge in [-0.25, -0.2) is 0 Å². The number of methoxy groups -OCH3 is 1. The van der Waals surface area contributed by atoms with E-state index in [2.05, 4.69) is 25.9 Å². The molecule has 1 aromatic carbocycles. The van der Waals surface area contributed by atoms with Crippen molar-refractivity contribution in [2.75, 3.05) is 7.11 Å². The van der Waals surface area contributed by atoms with Crippen LogP contribution in [-0.4, -0.2) is 33.6 Å². The van der Waals surface area contributed by atoms with Crippen LogP contribution in [0.3, 0.4) is 0 Å². The predicted molar refractivity (Wildman–Crippen MR) is 62.7 cm³/mol. The molecule has 0 saturated carbocycles. The van der Waals surface area contributed by atoms with Gasteiger partial charge in [0.15, 0.2) is 5.82 Å². The van der Waals surface area contributed by atoms with E-state index in [0.717, 1.165) is 11.3 Å². The topological polar surface area (TPSA) is 92.8 Å². The third kappa shape index (κ3) is 3.27. The average Bonchev–Trinajstić information content (AvgIpc) is 2.90. The Hall–Kier alpha value is -2.44. The van der Waals surface area contributed by atoms with Gasteiger partial charge >= 0.3 is 0 Å². The lowest BCUT2D eigenvalue weighted by Crippen LogP contribution is -2.25. The Labute approximate surface area is 104 Å². The standard InChI is InChI=1S/C11H13N5O2/c1-18-9-4-2-3-8(5-9)6-11(17)12-7-10-13-15-16-14-10/h2-5H,6-7H2,1H3,(H,12,17)(H,13,14,15,16). The van der Waals surface area contributed by atoms with Crippen molar-refractivity contribution < 1.29 is 9.53 Å². The zero-order chi connectivity index (χ0) is 12.8. The lowest BCUT2D eigenvalue weighted by Gasteiger charge is -2.04. The van der Waals surface area contributed by atoms with Gasteiger partial charge in [0.2, 0.25) is 5.91 Å². The normalized spacial score (nSPS) is 10.1. The van der Waals surface area contributed by atoms with Crippen LogP contribution < -0.4 is 10.1 Å². The highest BCUT2D eigenvalue weighted by Gasteiger charge is 2.05. The number of carbonyl (C=O) groups is 1. The molecular formula is C11H13N5O2. The zero-order valence-electron chi connectivity index (χ0n) is 9.88. The number of hydrogen-bond acceptors (Lipinski definition) is 5. The number of nitrogens with one attached hydrogen (secondary N) is 2. The van der Waals surface area contributed by atoms with E-state index in [-0.39, 0.29) is 18.9 Å². The molecule has 18 heavy (non-hydrogen) atoms. The summed E-state index contributed by atoms with van der Waals surface area (Å²) < 4.78 is 5.09. The number of aromatic nitrogens is 4. The summed E-state index contributed by atoms with van der Waals surface area (Å²) in [6.45, 7) is 0.263. The number of amides is 1. The van der Waals surface area contributed by atoms with E-state index in [4.69, 9.17) is 4.74 Å². The molecule has 1 amide bonds. The van der Waals surface area contributed by atoms with E-state index in [1.54, 1.807) is 7.11 Å². The second-order valence-electron chi connectivity index (χ2n) is 3.63. The molecule has 2 rings (SSSR count). The third-order valence-corrected chi connectivity index (χ3v) is 2.33. The number of rotatable bonds is 5. The number of carbonyl (C=O) groups excluding carboxylic acids is 1. The molecule has 0 aliphatic heterocycles. The lowest BCUT2D eigenvalue weighted by atomic mass is 10.1. The third-order valence-electron chi connectivity index (χ3n) is 2.33. The molecule has 7 nitrogen and oxygen atoms in total. The number of H-pyrrole nitrogens is 1. The van der Waals surface area contributed by atoms with E-state index in [1.807, 2.05) is 24.3 Å². The summed E-state index contributed by atoms with van der Waals surface area (Å²) in [6.07, 6.45) is 0.287. The summed E-state index contributed by atoms with van der Waals surface area (Å²) in [4.78, 5) is 11.7.